The van der Waals surface area contributed by atoms with Gasteiger partial charge in [-0.1, -0.05) is 24.3 Å². The molecular formula is C19H23N3O3. The first-order valence-electron chi connectivity index (χ1n) is 8.49. The van der Waals surface area contributed by atoms with E-state index in [1.807, 2.05) is 42.5 Å². The molecule has 25 heavy (non-hydrogen) atoms. The molecule has 1 aromatic carbocycles. The lowest BCUT2D eigenvalue weighted by molar-refractivity contribution is -0.127. The second-order valence-corrected chi connectivity index (χ2v) is 5.92. The maximum absolute atomic E-state index is 12.2. The summed E-state index contributed by atoms with van der Waals surface area (Å²) in [6, 6.07) is 13.3. The van der Waals surface area contributed by atoms with Crippen LogP contribution in [0.4, 0.5) is 5.82 Å². The van der Waals surface area contributed by atoms with Gasteiger partial charge < -0.3 is 19.7 Å². The van der Waals surface area contributed by atoms with Crippen molar-refractivity contribution in [3.05, 3.63) is 54.2 Å². The van der Waals surface area contributed by atoms with Crippen molar-refractivity contribution in [1.29, 1.82) is 0 Å². The minimum Gasteiger partial charge on any atom is -0.481 e. The number of nitrogens with one attached hydrogen (secondary N) is 1. The summed E-state index contributed by atoms with van der Waals surface area (Å²) in [5.41, 5.74) is 0.956. The molecule has 2 heterocycles. The lowest BCUT2D eigenvalue weighted by Gasteiger charge is -2.27. The van der Waals surface area contributed by atoms with Gasteiger partial charge in [0.05, 0.1) is 13.2 Å². The molecule has 0 unspecified atom stereocenters. The van der Waals surface area contributed by atoms with Crippen LogP contribution in [0.15, 0.2) is 48.7 Å². The molecule has 1 atom stereocenters. The third-order valence-electron chi connectivity index (χ3n) is 4.04. The first kappa shape index (κ1) is 17.2. The highest BCUT2D eigenvalue weighted by Crippen LogP contribution is 2.13. The molecule has 1 aromatic heterocycles. The maximum Gasteiger partial charge on any atom is 0.261 e. The van der Waals surface area contributed by atoms with Gasteiger partial charge in [0.25, 0.3) is 5.91 Å². The van der Waals surface area contributed by atoms with Crippen LogP contribution in [-0.4, -0.2) is 43.3 Å². The van der Waals surface area contributed by atoms with E-state index in [9.17, 15) is 4.79 Å². The van der Waals surface area contributed by atoms with E-state index < -0.39 is 6.10 Å². The fourth-order valence-corrected chi connectivity index (χ4v) is 2.59. The van der Waals surface area contributed by atoms with Crippen molar-refractivity contribution in [2.75, 3.05) is 31.2 Å². The van der Waals surface area contributed by atoms with Crippen LogP contribution >= 0.6 is 0 Å². The molecule has 0 spiro atoms. The number of ether oxygens (including phenoxy) is 2. The normalized spacial score (nSPS) is 15.5. The number of benzene rings is 1. The molecule has 6 nitrogen and oxygen atoms in total. The minimum absolute atomic E-state index is 0.152. The van der Waals surface area contributed by atoms with Crippen LogP contribution in [-0.2, 0) is 16.1 Å². The van der Waals surface area contributed by atoms with E-state index in [1.165, 1.54) is 0 Å². The molecule has 1 aliphatic heterocycles. The summed E-state index contributed by atoms with van der Waals surface area (Å²) in [4.78, 5) is 18.8. The number of carbonyl (C=O) groups is 1. The van der Waals surface area contributed by atoms with Crippen LogP contribution in [0.3, 0.4) is 0 Å². The highest BCUT2D eigenvalue weighted by atomic mass is 16.5. The number of anilines is 1. The molecule has 132 valence electrons. The number of morpholine rings is 1. The van der Waals surface area contributed by atoms with Crippen LogP contribution in [0.5, 0.6) is 5.75 Å². The SMILES string of the molecule is C[C@H](Oc1ccccc1)C(=O)NCc1ccc(N2CCOCC2)nc1. The van der Waals surface area contributed by atoms with Crippen molar-refractivity contribution in [1.82, 2.24) is 10.3 Å². The van der Waals surface area contributed by atoms with E-state index in [1.54, 1.807) is 13.1 Å². The zero-order chi connectivity index (χ0) is 17.5. The Balaban J connectivity index is 1.48. The summed E-state index contributed by atoms with van der Waals surface area (Å²) in [5.74, 6) is 1.47. The van der Waals surface area contributed by atoms with Crippen molar-refractivity contribution in [3.8, 4) is 5.75 Å². The monoisotopic (exact) mass is 341 g/mol. The summed E-state index contributed by atoms with van der Waals surface area (Å²) in [7, 11) is 0. The van der Waals surface area contributed by atoms with E-state index in [0.717, 1.165) is 37.7 Å². The number of aromatic nitrogens is 1. The molecule has 6 heteroatoms. The average Bonchev–Trinajstić information content (AvgIpc) is 2.68. The summed E-state index contributed by atoms with van der Waals surface area (Å²) < 4.78 is 11.0. The van der Waals surface area contributed by atoms with E-state index in [-0.39, 0.29) is 5.91 Å². The first-order chi connectivity index (χ1) is 12.2. The van der Waals surface area contributed by atoms with Gasteiger partial charge in [0.1, 0.15) is 11.6 Å². The lowest BCUT2D eigenvalue weighted by Crippen LogP contribution is -2.37. The van der Waals surface area contributed by atoms with Gasteiger partial charge in [0, 0.05) is 25.8 Å². The van der Waals surface area contributed by atoms with Crippen LogP contribution in [0, 0.1) is 0 Å². The number of hydrogen-bond donors (Lipinski definition) is 1. The average molecular weight is 341 g/mol. The molecule has 1 N–H and O–H groups in total. The number of para-hydroxylation sites is 1. The number of amides is 1. The number of hydrogen-bond acceptors (Lipinski definition) is 5. The van der Waals surface area contributed by atoms with Crippen molar-refractivity contribution in [3.63, 3.8) is 0 Å². The van der Waals surface area contributed by atoms with Crippen molar-refractivity contribution >= 4 is 11.7 Å². The Morgan fingerprint density at radius 1 is 1.24 bits per heavy atom. The largest absolute Gasteiger partial charge is 0.481 e. The number of nitrogens with zero attached hydrogens (tertiary/aromatic N) is 2. The summed E-state index contributed by atoms with van der Waals surface area (Å²) in [6.45, 7) is 5.35. The highest BCUT2D eigenvalue weighted by molar-refractivity contribution is 5.80. The molecule has 1 aliphatic rings. The van der Waals surface area contributed by atoms with Gasteiger partial charge in [0.15, 0.2) is 6.10 Å². The van der Waals surface area contributed by atoms with Crippen molar-refractivity contribution in [2.24, 2.45) is 0 Å². The second kappa shape index (κ2) is 8.48. The predicted molar refractivity (Wildman–Crippen MR) is 95.6 cm³/mol. The Bertz CT molecular complexity index is 670. The zero-order valence-electron chi connectivity index (χ0n) is 14.4. The maximum atomic E-state index is 12.2. The highest BCUT2D eigenvalue weighted by Gasteiger charge is 2.15. The fourth-order valence-electron chi connectivity index (χ4n) is 2.59. The third kappa shape index (κ3) is 4.93. The number of carbonyl (C=O) groups excluding carboxylic acids is 1. The third-order valence-corrected chi connectivity index (χ3v) is 4.04. The van der Waals surface area contributed by atoms with E-state index in [4.69, 9.17) is 9.47 Å². The van der Waals surface area contributed by atoms with Gasteiger partial charge in [0.2, 0.25) is 0 Å². The molecule has 1 fully saturated rings. The van der Waals surface area contributed by atoms with E-state index >= 15 is 0 Å². The number of pyridine rings is 1. The van der Waals surface area contributed by atoms with Crippen LogP contribution in [0.2, 0.25) is 0 Å². The summed E-state index contributed by atoms with van der Waals surface area (Å²) in [5, 5.41) is 2.88. The smallest absolute Gasteiger partial charge is 0.261 e. The van der Waals surface area contributed by atoms with Gasteiger partial charge in [-0.2, -0.15) is 0 Å². The summed E-state index contributed by atoms with van der Waals surface area (Å²) >= 11 is 0. The van der Waals surface area contributed by atoms with Crippen molar-refractivity contribution in [2.45, 2.75) is 19.6 Å². The van der Waals surface area contributed by atoms with Gasteiger partial charge in [-0.05, 0) is 30.7 Å². The Morgan fingerprint density at radius 2 is 2.00 bits per heavy atom. The van der Waals surface area contributed by atoms with Crippen LogP contribution in [0.1, 0.15) is 12.5 Å². The first-order valence-corrected chi connectivity index (χ1v) is 8.49. The molecule has 0 saturated carbocycles. The van der Waals surface area contributed by atoms with Gasteiger partial charge >= 0.3 is 0 Å². The number of rotatable bonds is 6. The summed E-state index contributed by atoms with van der Waals surface area (Å²) in [6.07, 6.45) is 1.25. The molecule has 0 radical (unpaired) electrons. The van der Waals surface area contributed by atoms with Crippen LogP contribution < -0.4 is 15.0 Å². The minimum atomic E-state index is -0.553. The van der Waals surface area contributed by atoms with Gasteiger partial charge in [-0.25, -0.2) is 4.98 Å². The topological polar surface area (TPSA) is 63.7 Å². The molecule has 3 rings (SSSR count). The Hall–Kier alpha value is -2.60. The standard InChI is InChI=1S/C19H23N3O3/c1-15(25-17-5-3-2-4-6-17)19(23)21-14-16-7-8-18(20-13-16)22-9-11-24-12-10-22/h2-8,13,15H,9-12,14H2,1H3,(H,21,23)/t15-/m0/s1. The lowest BCUT2D eigenvalue weighted by atomic mass is 10.2. The molecule has 1 amide bonds. The zero-order valence-corrected chi connectivity index (χ0v) is 14.4. The molecule has 0 bridgehead atoms. The second-order valence-electron chi connectivity index (χ2n) is 5.92. The molecule has 1 saturated heterocycles. The Labute approximate surface area is 147 Å². The predicted octanol–water partition coefficient (Wildman–Crippen LogP) is 2.00. The Kier molecular flexibility index (Phi) is 5.85. The van der Waals surface area contributed by atoms with Crippen LogP contribution in [0.25, 0.3) is 0 Å². The van der Waals surface area contributed by atoms with E-state index in [2.05, 4.69) is 15.2 Å². The van der Waals surface area contributed by atoms with Gasteiger partial charge in [-0.15, -0.1) is 0 Å². The van der Waals surface area contributed by atoms with Crippen molar-refractivity contribution < 1.29 is 14.3 Å². The van der Waals surface area contributed by atoms with E-state index in [0.29, 0.717) is 12.3 Å². The molecular weight excluding hydrogens is 318 g/mol. The molecule has 0 aliphatic carbocycles. The molecule has 2 aromatic rings. The quantitative estimate of drug-likeness (QED) is 0.871. The Morgan fingerprint density at radius 3 is 2.68 bits per heavy atom. The van der Waals surface area contributed by atoms with Gasteiger partial charge in [-0.3, -0.25) is 4.79 Å². The fraction of sp³-hybridized carbons (Fsp3) is 0.368.